The molecule has 0 heterocycles. The summed E-state index contributed by atoms with van der Waals surface area (Å²) >= 11 is 5.96. The molecule has 1 amide bonds. The Labute approximate surface area is 141 Å². The number of amides is 1. The molecule has 0 saturated heterocycles. The zero-order chi connectivity index (χ0) is 17.1. The zero-order valence-corrected chi connectivity index (χ0v) is 13.8. The molecule has 23 heavy (non-hydrogen) atoms. The first-order valence-electron chi connectivity index (χ1n) is 7.75. The summed E-state index contributed by atoms with van der Waals surface area (Å²) in [6, 6.07) is 5.92. The van der Waals surface area contributed by atoms with Gasteiger partial charge in [-0.15, -0.1) is 0 Å². The van der Waals surface area contributed by atoms with Crippen LogP contribution in [0, 0.1) is 0 Å². The van der Waals surface area contributed by atoms with E-state index in [0.29, 0.717) is 23.8 Å². The van der Waals surface area contributed by atoms with E-state index in [2.05, 4.69) is 10.6 Å². The molecule has 0 radical (unpaired) electrons. The highest BCUT2D eigenvalue weighted by molar-refractivity contribution is 6.33. The number of nitrogens with two attached hydrogens (primary N) is 1. The number of nitrogens with one attached hydrogen (secondary N) is 2. The Balaban J connectivity index is 2.38. The first-order chi connectivity index (χ1) is 11.0. The molecule has 0 aromatic heterocycles. The Hall–Kier alpha value is -1.63. The molecular formula is C16H24ClN3O3. The largest absolute Gasteiger partial charge is 0.480 e. The maximum Gasteiger partial charge on any atom is 0.321 e. The third-order valence-corrected chi connectivity index (χ3v) is 3.69. The topological polar surface area (TPSA) is 104 Å². The molecular weight excluding hydrogens is 318 g/mol. The quantitative estimate of drug-likeness (QED) is 0.462. The SMILES string of the molecule is NCCCCCCN[C@H](CC(=O)Nc1ccccc1Cl)C(=O)O. The number of halogens is 1. The van der Waals surface area contributed by atoms with Crippen molar-refractivity contribution in [3.63, 3.8) is 0 Å². The van der Waals surface area contributed by atoms with Gasteiger partial charge in [-0.25, -0.2) is 0 Å². The number of aliphatic carboxylic acids is 1. The molecule has 7 heteroatoms. The number of carbonyl (C=O) groups is 2. The molecule has 1 rings (SSSR count). The lowest BCUT2D eigenvalue weighted by Gasteiger charge is -2.14. The summed E-state index contributed by atoms with van der Waals surface area (Å²) in [6.45, 7) is 1.23. The minimum absolute atomic E-state index is 0.149. The van der Waals surface area contributed by atoms with E-state index < -0.39 is 12.0 Å². The molecule has 0 spiro atoms. The molecule has 6 nitrogen and oxygen atoms in total. The lowest BCUT2D eigenvalue weighted by Crippen LogP contribution is -2.40. The molecule has 0 bridgehead atoms. The number of anilines is 1. The number of carboxylic acids is 1. The predicted molar refractivity (Wildman–Crippen MR) is 91.6 cm³/mol. The maximum absolute atomic E-state index is 12.0. The minimum Gasteiger partial charge on any atom is -0.480 e. The maximum atomic E-state index is 12.0. The van der Waals surface area contributed by atoms with Gasteiger partial charge in [0.15, 0.2) is 0 Å². The molecule has 1 aromatic carbocycles. The molecule has 1 aromatic rings. The van der Waals surface area contributed by atoms with E-state index in [-0.39, 0.29) is 12.3 Å². The van der Waals surface area contributed by atoms with E-state index in [1.807, 2.05) is 0 Å². The predicted octanol–water partition coefficient (Wildman–Crippen LogP) is 2.23. The fourth-order valence-corrected chi connectivity index (χ4v) is 2.28. The fraction of sp³-hybridized carbons (Fsp3) is 0.500. The molecule has 0 aliphatic carbocycles. The number of hydrogen-bond acceptors (Lipinski definition) is 4. The van der Waals surface area contributed by atoms with Gasteiger partial charge in [-0.2, -0.15) is 0 Å². The first kappa shape index (κ1) is 19.4. The Kier molecular flexibility index (Phi) is 9.28. The lowest BCUT2D eigenvalue weighted by molar-refractivity contribution is -0.141. The van der Waals surface area contributed by atoms with Crippen molar-refractivity contribution in [3.8, 4) is 0 Å². The van der Waals surface area contributed by atoms with Crippen LogP contribution in [0.15, 0.2) is 24.3 Å². The monoisotopic (exact) mass is 341 g/mol. The van der Waals surface area contributed by atoms with Crippen LogP contribution in [0.4, 0.5) is 5.69 Å². The highest BCUT2D eigenvalue weighted by Gasteiger charge is 2.20. The van der Waals surface area contributed by atoms with E-state index >= 15 is 0 Å². The third kappa shape index (κ3) is 7.97. The Morgan fingerprint density at radius 1 is 1.17 bits per heavy atom. The summed E-state index contributed by atoms with van der Waals surface area (Å²) < 4.78 is 0. The van der Waals surface area contributed by atoms with Crippen LogP contribution in [-0.4, -0.2) is 36.1 Å². The summed E-state index contributed by atoms with van der Waals surface area (Å²) in [6.07, 6.45) is 3.70. The Bertz CT molecular complexity index is 511. The van der Waals surface area contributed by atoms with Crippen molar-refractivity contribution in [2.24, 2.45) is 5.73 Å². The number of unbranched alkanes of at least 4 members (excludes halogenated alkanes) is 3. The van der Waals surface area contributed by atoms with E-state index in [9.17, 15) is 14.7 Å². The van der Waals surface area contributed by atoms with Gasteiger partial charge in [-0.1, -0.05) is 36.6 Å². The summed E-state index contributed by atoms with van der Waals surface area (Å²) in [5, 5.41) is 15.1. The van der Waals surface area contributed by atoms with Gasteiger partial charge in [0.25, 0.3) is 0 Å². The third-order valence-electron chi connectivity index (χ3n) is 3.36. The average molecular weight is 342 g/mol. The summed E-state index contributed by atoms with van der Waals surface area (Å²) in [5.74, 6) is -1.43. The second-order valence-corrected chi connectivity index (χ2v) is 5.69. The fourth-order valence-electron chi connectivity index (χ4n) is 2.10. The number of hydrogen-bond donors (Lipinski definition) is 4. The number of rotatable bonds is 11. The van der Waals surface area contributed by atoms with Crippen molar-refractivity contribution in [3.05, 3.63) is 29.3 Å². The number of carboxylic acid groups (broad SMARTS) is 1. The van der Waals surface area contributed by atoms with Crippen LogP contribution in [0.25, 0.3) is 0 Å². The van der Waals surface area contributed by atoms with Crippen LogP contribution in [-0.2, 0) is 9.59 Å². The van der Waals surface area contributed by atoms with Crippen molar-refractivity contribution < 1.29 is 14.7 Å². The van der Waals surface area contributed by atoms with Crippen LogP contribution in [0.2, 0.25) is 5.02 Å². The normalized spacial score (nSPS) is 11.9. The van der Waals surface area contributed by atoms with E-state index in [1.54, 1.807) is 24.3 Å². The van der Waals surface area contributed by atoms with Gasteiger partial charge in [-0.05, 0) is 38.1 Å². The molecule has 0 unspecified atom stereocenters. The van der Waals surface area contributed by atoms with Crippen molar-refractivity contribution in [2.45, 2.75) is 38.1 Å². The van der Waals surface area contributed by atoms with Gasteiger partial charge in [0.05, 0.1) is 17.1 Å². The van der Waals surface area contributed by atoms with Crippen LogP contribution in [0.3, 0.4) is 0 Å². The molecule has 0 aliphatic heterocycles. The van der Waals surface area contributed by atoms with E-state index in [0.717, 1.165) is 25.7 Å². The smallest absolute Gasteiger partial charge is 0.321 e. The van der Waals surface area contributed by atoms with Crippen LogP contribution in [0.1, 0.15) is 32.1 Å². The summed E-state index contributed by atoms with van der Waals surface area (Å²) in [5.41, 5.74) is 5.89. The van der Waals surface area contributed by atoms with E-state index in [4.69, 9.17) is 17.3 Å². The van der Waals surface area contributed by atoms with Crippen molar-refractivity contribution in [1.29, 1.82) is 0 Å². The summed E-state index contributed by atoms with van der Waals surface area (Å²) in [7, 11) is 0. The molecule has 0 saturated carbocycles. The van der Waals surface area contributed by atoms with E-state index in [1.165, 1.54) is 0 Å². The van der Waals surface area contributed by atoms with Gasteiger partial charge < -0.3 is 21.5 Å². The van der Waals surface area contributed by atoms with Gasteiger partial charge in [-0.3, -0.25) is 9.59 Å². The number of para-hydroxylation sites is 1. The number of carbonyl (C=O) groups excluding carboxylic acids is 1. The second kappa shape index (κ2) is 11.0. The first-order valence-corrected chi connectivity index (χ1v) is 8.13. The summed E-state index contributed by atoms with van der Waals surface area (Å²) in [4.78, 5) is 23.2. The molecule has 5 N–H and O–H groups in total. The number of benzene rings is 1. The minimum atomic E-state index is -1.04. The van der Waals surface area contributed by atoms with Crippen molar-refractivity contribution in [2.75, 3.05) is 18.4 Å². The zero-order valence-electron chi connectivity index (χ0n) is 13.1. The second-order valence-electron chi connectivity index (χ2n) is 5.28. The molecule has 0 aliphatic rings. The molecule has 1 atom stereocenters. The van der Waals surface area contributed by atoms with Crippen molar-refractivity contribution >= 4 is 29.2 Å². The van der Waals surface area contributed by atoms with Gasteiger partial charge in [0.2, 0.25) is 5.91 Å². The Morgan fingerprint density at radius 3 is 2.52 bits per heavy atom. The lowest BCUT2D eigenvalue weighted by atomic mass is 10.1. The van der Waals surface area contributed by atoms with Crippen molar-refractivity contribution in [1.82, 2.24) is 5.32 Å². The van der Waals surface area contributed by atoms with Crippen LogP contribution >= 0.6 is 11.6 Å². The highest BCUT2D eigenvalue weighted by Crippen LogP contribution is 2.20. The van der Waals surface area contributed by atoms with Crippen LogP contribution < -0.4 is 16.4 Å². The molecule has 0 fully saturated rings. The molecule has 128 valence electrons. The van der Waals surface area contributed by atoms with Gasteiger partial charge in [0, 0.05) is 0 Å². The van der Waals surface area contributed by atoms with Gasteiger partial charge >= 0.3 is 5.97 Å². The van der Waals surface area contributed by atoms with Gasteiger partial charge in [0.1, 0.15) is 6.04 Å². The van der Waals surface area contributed by atoms with Crippen LogP contribution in [0.5, 0.6) is 0 Å². The average Bonchev–Trinajstić information content (AvgIpc) is 2.51. The Morgan fingerprint density at radius 2 is 1.87 bits per heavy atom. The standard InChI is InChI=1S/C16H24ClN3O3/c17-12-7-3-4-8-13(12)20-15(21)11-14(16(22)23)19-10-6-2-1-5-9-18/h3-4,7-8,14,19H,1-2,5-6,9-11,18H2,(H,20,21)(H,22,23)/t14-/m1/s1. The highest BCUT2D eigenvalue weighted by atomic mass is 35.5.